The summed E-state index contributed by atoms with van der Waals surface area (Å²) in [6, 6.07) is 1.41. The Kier molecular flexibility index (Phi) is 7.32. The maximum absolute atomic E-state index is 14.5. The van der Waals surface area contributed by atoms with E-state index in [9.17, 15) is 23.9 Å². The zero-order valence-electron chi connectivity index (χ0n) is 20.1. The van der Waals surface area contributed by atoms with Crippen molar-refractivity contribution in [3.05, 3.63) is 62.5 Å². The summed E-state index contributed by atoms with van der Waals surface area (Å²) in [5.41, 5.74) is 0.640. The molecule has 1 aromatic heterocycles. The number of piperazine rings is 1. The number of amides is 1. The average molecular weight is 564 g/mol. The number of ether oxygens (including phenoxy) is 2. The zero-order chi connectivity index (χ0) is 27.0. The molecule has 0 aliphatic carbocycles. The number of thiazole rings is 1. The third kappa shape index (κ3) is 4.72. The normalized spacial score (nSPS) is 23.4. The Hall–Kier alpha value is -3.55. The standard InChI is InChI=1S/C24H23ClFN5O6S/c1-2-36-23(34)16-14(10-30-7-8-31-15(11-37-24(31)35)19(30)22(32)33)28-20(21-27-6-9-38-21)29-18(16)12-4-3-5-13(26)17(12)25/h3-6,9,15,18-19H,2,7-8,10-11H2,1H3,(H,28,29)(H,32,33)/t15-,18+,19+/m1/s1. The molecular weight excluding hydrogens is 541 g/mol. The van der Waals surface area contributed by atoms with E-state index in [1.807, 2.05) is 0 Å². The van der Waals surface area contributed by atoms with Gasteiger partial charge in [0.2, 0.25) is 0 Å². The summed E-state index contributed by atoms with van der Waals surface area (Å²) in [5, 5.41) is 15.3. The van der Waals surface area contributed by atoms with Gasteiger partial charge in [-0.1, -0.05) is 23.7 Å². The number of halogens is 2. The lowest BCUT2D eigenvalue weighted by Crippen LogP contribution is -2.62. The fourth-order valence-electron chi connectivity index (χ4n) is 4.88. The molecule has 1 aromatic carbocycles. The van der Waals surface area contributed by atoms with Crippen LogP contribution in [0, 0.1) is 5.82 Å². The van der Waals surface area contributed by atoms with Gasteiger partial charge in [-0.2, -0.15) is 0 Å². The van der Waals surface area contributed by atoms with Crippen molar-refractivity contribution in [2.45, 2.75) is 25.0 Å². The van der Waals surface area contributed by atoms with Crippen molar-refractivity contribution in [1.29, 1.82) is 0 Å². The van der Waals surface area contributed by atoms with Crippen LogP contribution in [0.25, 0.3) is 0 Å². The first-order chi connectivity index (χ1) is 18.3. The molecule has 38 heavy (non-hydrogen) atoms. The highest BCUT2D eigenvalue weighted by Gasteiger charge is 2.48. The highest BCUT2D eigenvalue weighted by Crippen LogP contribution is 2.38. The van der Waals surface area contributed by atoms with Crippen LogP contribution >= 0.6 is 22.9 Å². The van der Waals surface area contributed by atoms with Crippen LogP contribution in [0.1, 0.15) is 23.5 Å². The minimum absolute atomic E-state index is 0.0303. The predicted octanol–water partition coefficient (Wildman–Crippen LogP) is 2.43. The number of cyclic esters (lactones) is 1. The first kappa shape index (κ1) is 26.1. The number of rotatable bonds is 7. The third-order valence-electron chi connectivity index (χ3n) is 6.54. The van der Waals surface area contributed by atoms with Gasteiger partial charge in [0.1, 0.15) is 24.5 Å². The number of benzene rings is 1. The van der Waals surface area contributed by atoms with Crippen LogP contribution in [0.4, 0.5) is 9.18 Å². The second-order valence-corrected chi connectivity index (χ2v) is 9.96. The molecular formula is C24H23ClFN5O6S. The van der Waals surface area contributed by atoms with Gasteiger partial charge >= 0.3 is 18.0 Å². The van der Waals surface area contributed by atoms with Crippen molar-refractivity contribution in [3.63, 3.8) is 0 Å². The Bertz CT molecular complexity index is 1340. The molecule has 3 aliphatic rings. The van der Waals surface area contributed by atoms with Gasteiger partial charge in [0.25, 0.3) is 0 Å². The summed E-state index contributed by atoms with van der Waals surface area (Å²) in [5.74, 6) is -2.19. The van der Waals surface area contributed by atoms with Crippen molar-refractivity contribution < 1.29 is 33.4 Å². The first-order valence-corrected chi connectivity index (χ1v) is 13.0. The number of aliphatic imine (C=N–C) groups is 1. The topological polar surface area (TPSA) is 134 Å². The molecule has 2 aromatic rings. The number of aromatic nitrogens is 1. The quantitative estimate of drug-likeness (QED) is 0.487. The number of nitrogens with one attached hydrogen (secondary N) is 1. The molecule has 0 saturated carbocycles. The van der Waals surface area contributed by atoms with E-state index in [2.05, 4.69) is 15.3 Å². The van der Waals surface area contributed by atoms with Gasteiger partial charge in [-0.05, 0) is 13.0 Å². The molecule has 0 spiro atoms. The van der Waals surface area contributed by atoms with E-state index in [0.29, 0.717) is 16.5 Å². The van der Waals surface area contributed by atoms with E-state index in [0.717, 1.165) is 0 Å². The molecule has 2 saturated heterocycles. The maximum atomic E-state index is 14.5. The number of hydrogen-bond donors (Lipinski definition) is 2. The molecule has 0 radical (unpaired) electrons. The number of carbonyl (C=O) groups is 3. The van der Waals surface area contributed by atoms with Crippen LogP contribution in [0.5, 0.6) is 0 Å². The summed E-state index contributed by atoms with van der Waals surface area (Å²) >= 11 is 7.63. The van der Waals surface area contributed by atoms with E-state index in [1.54, 1.807) is 29.5 Å². The summed E-state index contributed by atoms with van der Waals surface area (Å²) in [6.45, 7) is 2.09. The highest BCUT2D eigenvalue weighted by molar-refractivity contribution is 7.11. The average Bonchev–Trinajstić information content (AvgIpc) is 3.55. The lowest BCUT2D eigenvalue weighted by molar-refractivity contribution is -0.147. The van der Waals surface area contributed by atoms with Crippen molar-refractivity contribution >= 4 is 46.8 Å². The third-order valence-corrected chi connectivity index (χ3v) is 7.72. The van der Waals surface area contributed by atoms with Crippen LogP contribution in [-0.4, -0.2) is 88.7 Å². The molecule has 1 amide bonds. The molecule has 2 fully saturated rings. The van der Waals surface area contributed by atoms with Crippen molar-refractivity contribution in [1.82, 2.24) is 20.1 Å². The molecule has 5 rings (SSSR count). The molecule has 14 heteroatoms. The van der Waals surface area contributed by atoms with Crippen LogP contribution in [0.3, 0.4) is 0 Å². The fourth-order valence-corrected chi connectivity index (χ4v) is 5.70. The Morgan fingerprint density at radius 3 is 2.89 bits per heavy atom. The monoisotopic (exact) mass is 563 g/mol. The molecule has 11 nitrogen and oxygen atoms in total. The fraction of sp³-hybridized carbons (Fsp3) is 0.375. The van der Waals surface area contributed by atoms with Gasteiger partial charge in [0, 0.05) is 42.5 Å². The van der Waals surface area contributed by atoms with E-state index in [1.165, 1.54) is 28.4 Å². The Morgan fingerprint density at radius 1 is 1.37 bits per heavy atom. The number of aliphatic carboxylic acids is 1. The summed E-state index contributed by atoms with van der Waals surface area (Å²) in [7, 11) is 0. The lowest BCUT2D eigenvalue weighted by atomic mass is 9.94. The molecule has 0 unspecified atom stereocenters. The number of fused-ring (bicyclic) bond motifs is 1. The number of carbonyl (C=O) groups excluding carboxylic acids is 2. The second kappa shape index (κ2) is 10.7. The number of hydrogen-bond acceptors (Lipinski definition) is 10. The first-order valence-electron chi connectivity index (χ1n) is 11.8. The predicted molar refractivity (Wildman–Crippen MR) is 134 cm³/mol. The highest BCUT2D eigenvalue weighted by atomic mass is 35.5. The van der Waals surface area contributed by atoms with E-state index in [4.69, 9.17) is 21.1 Å². The number of nitrogens with zero attached hydrogens (tertiary/aromatic N) is 4. The van der Waals surface area contributed by atoms with Crippen LogP contribution in [-0.2, 0) is 19.1 Å². The maximum Gasteiger partial charge on any atom is 0.410 e. The van der Waals surface area contributed by atoms with Crippen molar-refractivity contribution in [2.24, 2.45) is 4.99 Å². The second-order valence-electron chi connectivity index (χ2n) is 8.69. The zero-order valence-corrected chi connectivity index (χ0v) is 21.7. The Morgan fingerprint density at radius 2 is 2.18 bits per heavy atom. The van der Waals surface area contributed by atoms with E-state index < -0.39 is 42.0 Å². The number of esters is 1. The van der Waals surface area contributed by atoms with E-state index in [-0.39, 0.29) is 49.0 Å². The minimum Gasteiger partial charge on any atom is -0.480 e. The summed E-state index contributed by atoms with van der Waals surface area (Å²) in [4.78, 5) is 49.8. The molecule has 2 N–H and O–H groups in total. The summed E-state index contributed by atoms with van der Waals surface area (Å²) < 4.78 is 24.9. The van der Waals surface area contributed by atoms with Gasteiger partial charge in [0.15, 0.2) is 10.8 Å². The molecule has 200 valence electrons. The van der Waals surface area contributed by atoms with E-state index >= 15 is 0 Å². The smallest absolute Gasteiger partial charge is 0.410 e. The SMILES string of the molecule is CCOC(=O)C1=C(CN2CCN3C(=O)OC[C@@H]3[C@H]2C(=O)O)NC(c2nccs2)=N[C@H]1c1cccc(F)c1Cl. The largest absolute Gasteiger partial charge is 0.480 e. The lowest BCUT2D eigenvalue weighted by Gasteiger charge is -2.41. The molecule has 0 bridgehead atoms. The van der Waals surface area contributed by atoms with Gasteiger partial charge in [-0.3, -0.25) is 19.6 Å². The van der Waals surface area contributed by atoms with Gasteiger partial charge in [-0.25, -0.2) is 19.0 Å². The van der Waals surface area contributed by atoms with Crippen LogP contribution in [0.2, 0.25) is 5.02 Å². The molecule has 4 heterocycles. The van der Waals surface area contributed by atoms with Gasteiger partial charge in [0.05, 0.1) is 23.2 Å². The van der Waals surface area contributed by atoms with Crippen molar-refractivity contribution in [3.8, 4) is 0 Å². The van der Waals surface area contributed by atoms with Gasteiger partial charge < -0.3 is 19.9 Å². The van der Waals surface area contributed by atoms with Crippen LogP contribution < -0.4 is 5.32 Å². The Balaban J connectivity index is 1.61. The number of carboxylic acid groups (broad SMARTS) is 1. The van der Waals surface area contributed by atoms with Crippen LogP contribution in [0.15, 0.2) is 46.0 Å². The summed E-state index contributed by atoms with van der Waals surface area (Å²) in [6.07, 6.45) is 1.04. The minimum atomic E-state index is -1.13. The van der Waals surface area contributed by atoms with Gasteiger partial charge in [-0.15, -0.1) is 11.3 Å². The van der Waals surface area contributed by atoms with Crippen molar-refractivity contribution in [2.75, 3.05) is 32.8 Å². The molecule has 3 atom stereocenters. The Labute approximate surface area is 225 Å². The molecule has 3 aliphatic heterocycles. The number of carboxylic acids is 1. The number of amidine groups is 1.